The first-order valence-electron chi connectivity index (χ1n) is 9.10. The average molecular weight is 399 g/mol. The summed E-state index contributed by atoms with van der Waals surface area (Å²) in [5.41, 5.74) is 9.70. The Hall–Kier alpha value is -0.677. The van der Waals surface area contributed by atoms with Crippen LogP contribution in [0.15, 0.2) is 36.4 Å². The van der Waals surface area contributed by atoms with E-state index < -0.39 is 21.8 Å². The molecule has 0 radical (unpaired) electrons. The molecule has 0 saturated carbocycles. The number of benzene rings is 2. The zero-order valence-electron chi connectivity index (χ0n) is 16.5. The molecule has 0 aromatic heterocycles. The molecule has 3 rings (SSSR count). The van der Waals surface area contributed by atoms with Gasteiger partial charge in [0.15, 0.2) is 0 Å². The second-order valence-corrected chi connectivity index (χ2v) is 16.3. The van der Waals surface area contributed by atoms with Gasteiger partial charge in [-0.3, -0.25) is 0 Å². The van der Waals surface area contributed by atoms with Crippen LogP contribution in [-0.4, -0.2) is 0 Å². The fourth-order valence-electron chi connectivity index (χ4n) is 4.03. The fraction of sp³-hybridized carbons (Fsp3) is 0.478. The first kappa shape index (κ1) is 18.1. The standard InChI is InChI=1S/C21H25.2CH3.Zr/c1-20(2,3)15-11-10-14-12-18-16(17(14)13-15)8-7-9-19(18)21(4,5)6;;;/h7-13H,1-6H3;2*1H3;. The monoisotopic (exact) mass is 397 g/mol. The van der Waals surface area contributed by atoms with Crippen LogP contribution in [0, 0.1) is 0 Å². The van der Waals surface area contributed by atoms with Crippen molar-refractivity contribution in [2.75, 3.05) is 0 Å². The Morgan fingerprint density at radius 3 is 2.00 bits per heavy atom. The van der Waals surface area contributed by atoms with Crippen molar-refractivity contribution in [2.24, 2.45) is 0 Å². The van der Waals surface area contributed by atoms with E-state index in [0.717, 1.165) is 0 Å². The van der Waals surface area contributed by atoms with Gasteiger partial charge in [-0.15, -0.1) is 0 Å². The maximum atomic E-state index is 2.56. The van der Waals surface area contributed by atoms with Gasteiger partial charge in [-0.1, -0.05) is 0 Å². The summed E-state index contributed by atoms with van der Waals surface area (Å²) < 4.78 is 5.83. The van der Waals surface area contributed by atoms with Crippen molar-refractivity contribution in [3.05, 3.63) is 58.7 Å². The van der Waals surface area contributed by atoms with E-state index in [-0.39, 0.29) is 10.8 Å². The minimum absolute atomic E-state index is 0.203. The van der Waals surface area contributed by atoms with Crippen molar-refractivity contribution in [1.82, 2.24) is 0 Å². The molecular formula is C23H31Zr. The van der Waals surface area contributed by atoms with Crippen LogP contribution in [0.4, 0.5) is 0 Å². The van der Waals surface area contributed by atoms with Crippen molar-refractivity contribution in [3.63, 3.8) is 0 Å². The van der Waals surface area contributed by atoms with Crippen molar-refractivity contribution >= 4 is 0 Å². The first-order chi connectivity index (χ1) is 11.0. The van der Waals surface area contributed by atoms with Gasteiger partial charge in [0.25, 0.3) is 0 Å². The molecule has 2 aromatic carbocycles. The van der Waals surface area contributed by atoms with E-state index in [1.807, 2.05) is 0 Å². The fourth-order valence-corrected chi connectivity index (χ4v) is 8.36. The number of rotatable bonds is 1. The zero-order chi connectivity index (χ0) is 17.9. The summed E-state index contributed by atoms with van der Waals surface area (Å²) in [5, 5.41) is 0. The molecule has 0 N–H and O–H groups in total. The quantitative estimate of drug-likeness (QED) is 0.482. The molecule has 0 bridgehead atoms. The second-order valence-electron chi connectivity index (χ2n) is 9.58. The van der Waals surface area contributed by atoms with Crippen LogP contribution in [0.25, 0.3) is 11.1 Å². The Balaban J connectivity index is 2.31. The number of hydrogen-bond donors (Lipinski definition) is 0. The molecule has 0 spiro atoms. The summed E-state index contributed by atoms with van der Waals surface area (Å²) in [6.07, 6.45) is 0. The summed E-state index contributed by atoms with van der Waals surface area (Å²) in [5.74, 6) is 0. The van der Waals surface area contributed by atoms with Crippen molar-refractivity contribution < 1.29 is 21.8 Å². The molecule has 1 heteroatoms. The predicted molar refractivity (Wildman–Crippen MR) is 103 cm³/mol. The van der Waals surface area contributed by atoms with Crippen LogP contribution in [-0.2, 0) is 32.6 Å². The molecule has 127 valence electrons. The van der Waals surface area contributed by atoms with Crippen LogP contribution in [0.2, 0.25) is 9.26 Å². The number of hydrogen-bond acceptors (Lipinski definition) is 0. The molecule has 1 atom stereocenters. The molecule has 0 saturated heterocycles. The van der Waals surface area contributed by atoms with E-state index in [4.69, 9.17) is 0 Å². The molecule has 0 fully saturated rings. The van der Waals surface area contributed by atoms with Crippen molar-refractivity contribution in [1.29, 1.82) is 0 Å². The van der Waals surface area contributed by atoms with Gasteiger partial charge < -0.3 is 0 Å². The Morgan fingerprint density at radius 1 is 0.792 bits per heavy atom. The van der Waals surface area contributed by atoms with Gasteiger partial charge in [-0.2, -0.15) is 0 Å². The summed E-state index contributed by atoms with van der Waals surface area (Å²) in [7, 11) is 0. The van der Waals surface area contributed by atoms with E-state index in [9.17, 15) is 0 Å². The van der Waals surface area contributed by atoms with Gasteiger partial charge in [-0.25, -0.2) is 0 Å². The third-order valence-electron chi connectivity index (χ3n) is 5.30. The molecule has 2 aromatic rings. The normalized spacial score (nSPS) is 16.8. The van der Waals surface area contributed by atoms with Crippen LogP contribution in [0.5, 0.6) is 0 Å². The van der Waals surface area contributed by atoms with Gasteiger partial charge in [0.05, 0.1) is 0 Å². The van der Waals surface area contributed by atoms with Gasteiger partial charge in [-0.05, 0) is 0 Å². The summed E-state index contributed by atoms with van der Waals surface area (Å²) in [4.78, 5) is 0. The second kappa shape index (κ2) is 5.94. The summed E-state index contributed by atoms with van der Waals surface area (Å²) in [6, 6.07) is 14.3. The molecule has 1 aliphatic carbocycles. The molecule has 0 heterocycles. The van der Waals surface area contributed by atoms with E-state index in [1.165, 1.54) is 16.7 Å². The molecule has 1 aliphatic rings. The molecule has 0 amide bonds. The van der Waals surface area contributed by atoms with Gasteiger partial charge in [0.2, 0.25) is 0 Å². The van der Waals surface area contributed by atoms with E-state index in [2.05, 4.69) is 87.2 Å². The molecule has 24 heavy (non-hydrogen) atoms. The topological polar surface area (TPSA) is 0 Å². The Morgan fingerprint density at radius 2 is 1.46 bits per heavy atom. The van der Waals surface area contributed by atoms with E-state index >= 15 is 0 Å². The van der Waals surface area contributed by atoms with Crippen LogP contribution in [0.3, 0.4) is 0 Å². The zero-order valence-corrected chi connectivity index (χ0v) is 19.0. The molecule has 0 nitrogen and oxygen atoms in total. The average Bonchev–Trinajstić information content (AvgIpc) is 2.78. The van der Waals surface area contributed by atoms with Gasteiger partial charge in [0.1, 0.15) is 0 Å². The first-order valence-corrected chi connectivity index (χ1v) is 15.4. The number of fused-ring (bicyclic) bond motifs is 3. The van der Waals surface area contributed by atoms with Crippen LogP contribution < -0.4 is 0 Å². The van der Waals surface area contributed by atoms with Gasteiger partial charge in [0, 0.05) is 0 Å². The predicted octanol–water partition coefficient (Wildman–Crippen LogP) is 7.07. The third kappa shape index (κ3) is 2.98. The minimum atomic E-state index is -1.46. The van der Waals surface area contributed by atoms with Gasteiger partial charge >= 0.3 is 157 Å². The Kier molecular flexibility index (Phi) is 4.49. The van der Waals surface area contributed by atoms with Crippen LogP contribution >= 0.6 is 0 Å². The van der Waals surface area contributed by atoms with E-state index in [1.54, 1.807) is 16.7 Å². The Bertz CT molecular complexity index is 770. The molecule has 0 aliphatic heterocycles. The van der Waals surface area contributed by atoms with Crippen LogP contribution in [0.1, 0.15) is 67.4 Å². The van der Waals surface area contributed by atoms with Crippen molar-refractivity contribution in [2.45, 2.75) is 65.3 Å². The summed E-state index contributed by atoms with van der Waals surface area (Å²) >= 11 is -1.46. The van der Waals surface area contributed by atoms with E-state index in [0.29, 0.717) is 3.63 Å². The Labute approximate surface area is 156 Å². The molecule has 1 unspecified atom stereocenters. The summed E-state index contributed by atoms with van der Waals surface area (Å²) in [6.45, 7) is 14.0. The third-order valence-corrected chi connectivity index (χ3v) is 9.61. The van der Waals surface area contributed by atoms with Crippen molar-refractivity contribution in [3.8, 4) is 11.1 Å². The SMILES string of the molecule is [CH3][Zr]([CH3])[CH]1c2ccc(C(C)(C)C)cc2-c2cccc(C(C)(C)C)c21. The maximum absolute atomic E-state index is 2.56. The molecular weight excluding hydrogens is 367 g/mol.